The summed E-state index contributed by atoms with van der Waals surface area (Å²) in [5, 5.41) is 0. The number of rotatable bonds is 6. The van der Waals surface area contributed by atoms with E-state index in [1.54, 1.807) is 31.4 Å². The number of sulfonamides is 1. The molecule has 0 fully saturated rings. The van der Waals surface area contributed by atoms with Gasteiger partial charge in [-0.15, -0.1) is 0 Å². The van der Waals surface area contributed by atoms with Gasteiger partial charge in [-0.25, -0.2) is 18.1 Å². The van der Waals surface area contributed by atoms with Gasteiger partial charge in [-0.3, -0.25) is 0 Å². The minimum Gasteiger partial charge on any atom is -0.493 e. The van der Waals surface area contributed by atoms with E-state index in [9.17, 15) is 8.42 Å². The normalized spacial score (nSPS) is 11.8. The predicted molar refractivity (Wildman–Crippen MR) is 91.8 cm³/mol. The lowest BCUT2D eigenvalue weighted by atomic mass is 10.2. The van der Waals surface area contributed by atoms with Gasteiger partial charge in [0.25, 0.3) is 0 Å². The van der Waals surface area contributed by atoms with Crippen LogP contribution >= 0.6 is 0 Å². The monoisotopic (exact) mass is 345 g/mol. The average Bonchev–Trinajstić information content (AvgIpc) is 2.97. The van der Waals surface area contributed by atoms with E-state index in [0.29, 0.717) is 12.2 Å². The van der Waals surface area contributed by atoms with Gasteiger partial charge in [0.1, 0.15) is 0 Å². The Bertz CT molecular complexity index is 947. The number of ether oxygens (including phenoxy) is 1. The molecule has 0 aliphatic rings. The molecule has 7 heteroatoms. The number of aromatic nitrogens is 2. The van der Waals surface area contributed by atoms with Crippen molar-refractivity contribution in [1.29, 1.82) is 0 Å². The molecule has 2 heterocycles. The highest BCUT2D eigenvalue weighted by molar-refractivity contribution is 7.89. The molecule has 0 radical (unpaired) electrons. The highest BCUT2D eigenvalue weighted by Crippen LogP contribution is 2.18. The van der Waals surface area contributed by atoms with Gasteiger partial charge in [0.2, 0.25) is 10.0 Å². The maximum Gasteiger partial charge on any atom is 0.240 e. The van der Waals surface area contributed by atoms with Crippen LogP contribution in [0, 0.1) is 6.92 Å². The number of hydrogen-bond donors (Lipinski definition) is 1. The van der Waals surface area contributed by atoms with Crippen molar-refractivity contribution >= 4 is 15.7 Å². The number of pyridine rings is 1. The fraction of sp³-hybridized carbons (Fsp3) is 0.235. The summed E-state index contributed by atoms with van der Waals surface area (Å²) in [6, 6.07) is 10.5. The molecule has 0 spiro atoms. The molecule has 0 bridgehead atoms. The van der Waals surface area contributed by atoms with Gasteiger partial charge >= 0.3 is 0 Å². The summed E-state index contributed by atoms with van der Waals surface area (Å²) in [4.78, 5) is 4.76. The molecule has 1 N–H and O–H groups in total. The van der Waals surface area contributed by atoms with E-state index in [4.69, 9.17) is 4.74 Å². The number of nitrogens with zero attached hydrogens (tertiary/aromatic N) is 2. The van der Waals surface area contributed by atoms with Crippen molar-refractivity contribution < 1.29 is 13.2 Å². The molecular formula is C17H19N3O3S. The first-order chi connectivity index (χ1) is 11.5. The van der Waals surface area contributed by atoms with Crippen LogP contribution in [0.5, 0.6) is 5.75 Å². The van der Waals surface area contributed by atoms with E-state index < -0.39 is 10.0 Å². The third-order valence-electron chi connectivity index (χ3n) is 3.72. The summed E-state index contributed by atoms with van der Waals surface area (Å²) in [5.74, 6) is 0.684. The fourth-order valence-electron chi connectivity index (χ4n) is 2.43. The molecule has 6 nitrogen and oxygen atoms in total. The highest BCUT2D eigenvalue weighted by atomic mass is 32.2. The summed E-state index contributed by atoms with van der Waals surface area (Å²) in [7, 11) is -1.90. The summed E-state index contributed by atoms with van der Waals surface area (Å²) in [6.07, 6.45) is 4.25. The summed E-state index contributed by atoms with van der Waals surface area (Å²) < 4.78 is 34.2. The van der Waals surface area contributed by atoms with E-state index in [2.05, 4.69) is 9.71 Å². The second kappa shape index (κ2) is 6.62. The van der Waals surface area contributed by atoms with Gasteiger partial charge in [-0.05, 0) is 31.2 Å². The second-order valence-corrected chi connectivity index (χ2v) is 7.27. The molecule has 3 aromatic rings. The number of hydrogen-bond acceptors (Lipinski definition) is 4. The molecule has 1 aromatic carbocycles. The maximum atomic E-state index is 12.2. The summed E-state index contributed by atoms with van der Waals surface area (Å²) in [6.45, 7) is 2.20. The van der Waals surface area contributed by atoms with Crippen LogP contribution in [0.15, 0.2) is 53.7 Å². The number of fused-ring (bicyclic) bond motifs is 1. The van der Waals surface area contributed by atoms with Crippen molar-refractivity contribution in [3.8, 4) is 5.75 Å². The topological polar surface area (TPSA) is 72.7 Å². The summed E-state index contributed by atoms with van der Waals surface area (Å²) >= 11 is 0. The lowest BCUT2D eigenvalue weighted by molar-refractivity contribution is 0.417. The Balaban J connectivity index is 1.69. The molecule has 0 atom stereocenters. The van der Waals surface area contributed by atoms with Gasteiger partial charge in [-0.2, -0.15) is 0 Å². The maximum absolute atomic E-state index is 12.2. The molecule has 2 aromatic heterocycles. The van der Waals surface area contributed by atoms with Gasteiger partial charge in [0.15, 0.2) is 11.4 Å². The molecule has 0 aliphatic carbocycles. The van der Waals surface area contributed by atoms with Crippen LogP contribution < -0.4 is 9.46 Å². The Hall–Kier alpha value is -2.38. The number of nitrogens with one attached hydrogen (secondary N) is 1. The van der Waals surface area contributed by atoms with Crippen LogP contribution in [0.2, 0.25) is 0 Å². The fourth-order valence-corrected chi connectivity index (χ4v) is 3.46. The first-order valence-corrected chi connectivity index (χ1v) is 9.05. The zero-order valence-corrected chi connectivity index (χ0v) is 14.4. The lowest BCUT2D eigenvalue weighted by Gasteiger charge is -2.06. The molecule has 0 unspecified atom stereocenters. The van der Waals surface area contributed by atoms with Crippen molar-refractivity contribution in [2.75, 3.05) is 13.7 Å². The molecule has 0 saturated heterocycles. The number of imidazole rings is 1. The van der Waals surface area contributed by atoms with Crippen LogP contribution in [0.25, 0.3) is 5.65 Å². The standard InChI is InChI=1S/C17H19N3O3S/c1-13-5-7-15(8-6-13)24(21,22)18-10-9-14-12-20-11-3-4-16(23-2)17(20)19-14/h3-8,11-12,18H,9-10H2,1-2H3. The first-order valence-electron chi connectivity index (χ1n) is 7.56. The van der Waals surface area contributed by atoms with Crippen LogP contribution in [0.1, 0.15) is 11.3 Å². The van der Waals surface area contributed by atoms with E-state index in [1.807, 2.05) is 35.9 Å². The average molecular weight is 345 g/mol. The van der Waals surface area contributed by atoms with Crippen molar-refractivity contribution in [3.05, 3.63) is 60.0 Å². The Labute approximate surface area is 141 Å². The molecule has 0 amide bonds. The van der Waals surface area contributed by atoms with Crippen molar-refractivity contribution in [1.82, 2.24) is 14.1 Å². The van der Waals surface area contributed by atoms with Gasteiger partial charge < -0.3 is 9.14 Å². The largest absolute Gasteiger partial charge is 0.493 e. The van der Waals surface area contributed by atoms with Crippen molar-refractivity contribution in [2.24, 2.45) is 0 Å². The van der Waals surface area contributed by atoms with E-state index in [0.717, 1.165) is 16.9 Å². The lowest BCUT2D eigenvalue weighted by Crippen LogP contribution is -2.26. The van der Waals surface area contributed by atoms with E-state index >= 15 is 0 Å². The van der Waals surface area contributed by atoms with Gasteiger partial charge in [0, 0.05) is 25.4 Å². The van der Waals surface area contributed by atoms with E-state index in [1.165, 1.54) is 0 Å². The Morgan fingerprint density at radius 2 is 1.96 bits per heavy atom. The van der Waals surface area contributed by atoms with Gasteiger partial charge in [0.05, 0.1) is 17.7 Å². The molecule has 0 saturated carbocycles. The molecule has 24 heavy (non-hydrogen) atoms. The summed E-state index contributed by atoms with van der Waals surface area (Å²) in [5.41, 5.74) is 2.54. The van der Waals surface area contributed by atoms with Crippen LogP contribution in [-0.4, -0.2) is 31.5 Å². The zero-order valence-electron chi connectivity index (χ0n) is 13.6. The third-order valence-corrected chi connectivity index (χ3v) is 5.20. The minimum atomic E-state index is -3.50. The number of aryl methyl sites for hydroxylation is 1. The van der Waals surface area contributed by atoms with Crippen molar-refractivity contribution in [2.45, 2.75) is 18.2 Å². The highest BCUT2D eigenvalue weighted by Gasteiger charge is 2.13. The SMILES string of the molecule is COc1cccn2cc(CCNS(=O)(=O)c3ccc(C)cc3)nc12. The molecule has 0 aliphatic heterocycles. The van der Waals surface area contributed by atoms with Crippen LogP contribution in [-0.2, 0) is 16.4 Å². The van der Waals surface area contributed by atoms with Crippen LogP contribution in [0.4, 0.5) is 0 Å². The smallest absolute Gasteiger partial charge is 0.240 e. The molecular weight excluding hydrogens is 326 g/mol. The van der Waals surface area contributed by atoms with Crippen LogP contribution in [0.3, 0.4) is 0 Å². The third kappa shape index (κ3) is 3.42. The number of benzene rings is 1. The Morgan fingerprint density at radius 1 is 1.21 bits per heavy atom. The molecule has 126 valence electrons. The number of methoxy groups -OCH3 is 1. The first kappa shape index (κ1) is 16.5. The molecule has 3 rings (SSSR count). The quantitative estimate of drug-likeness (QED) is 0.743. The Morgan fingerprint density at radius 3 is 2.67 bits per heavy atom. The van der Waals surface area contributed by atoms with E-state index in [-0.39, 0.29) is 11.4 Å². The second-order valence-electron chi connectivity index (χ2n) is 5.50. The zero-order chi connectivity index (χ0) is 17.2. The van der Waals surface area contributed by atoms with Gasteiger partial charge in [-0.1, -0.05) is 17.7 Å². The minimum absolute atomic E-state index is 0.268. The van der Waals surface area contributed by atoms with Crippen molar-refractivity contribution in [3.63, 3.8) is 0 Å². The Kier molecular flexibility index (Phi) is 4.55. The predicted octanol–water partition coefficient (Wildman–Crippen LogP) is 2.17.